The summed E-state index contributed by atoms with van der Waals surface area (Å²) in [5.74, 6) is 1.84. The van der Waals surface area contributed by atoms with Gasteiger partial charge >= 0.3 is 0 Å². The second-order valence-electron chi connectivity index (χ2n) is 4.04. The smallest absolute Gasteiger partial charge is 0.119 e. The molecule has 3 nitrogen and oxygen atoms in total. The van der Waals surface area contributed by atoms with Gasteiger partial charge in [-0.05, 0) is 25.3 Å². The van der Waals surface area contributed by atoms with Crippen LogP contribution < -0.4 is 10.1 Å². The van der Waals surface area contributed by atoms with Gasteiger partial charge in [0.1, 0.15) is 18.5 Å². The predicted octanol–water partition coefficient (Wildman–Crippen LogP) is 1.77. The molecule has 0 saturated heterocycles. The summed E-state index contributed by atoms with van der Waals surface area (Å²) in [6, 6.07) is 9.96. The summed E-state index contributed by atoms with van der Waals surface area (Å²) < 4.78 is 5.46. The van der Waals surface area contributed by atoms with Crippen LogP contribution in [0, 0.1) is 0 Å². The molecule has 0 spiro atoms. The molecule has 0 aliphatic rings. The van der Waals surface area contributed by atoms with Crippen LogP contribution in [0.1, 0.15) is 6.92 Å². The molecule has 0 amide bonds. The van der Waals surface area contributed by atoms with Crippen LogP contribution in [0.5, 0.6) is 5.75 Å². The number of nitrogens with one attached hydrogen (secondary N) is 1. The zero-order chi connectivity index (χ0) is 12.5. The summed E-state index contributed by atoms with van der Waals surface area (Å²) >= 11 is 1.80. The molecule has 2 unspecified atom stereocenters. The van der Waals surface area contributed by atoms with Crippen LogP contribution in [0.3, 0.4) is 0 Å². The lowest BCUT2D eigenvalue weighted by molar-refractivity contribution is 0.105. The highest BCUT2D eigenvalue weighted by molar-refractivity contribution is 7.98. The number of benzene rings is 1. The standard InChI is InChI=1S/C13H21NO2S/c1-11(10-17-2)14-8-12(15)9-16-13-6-4-3-5-7-13/h3-7,11-12,14-15H,8-10H2,1-2H3. The molecule has 0 heterocycles. The van der Waals surface area contributed by atoms with E-state index in [1.807, 2.05) is 30.3 Å². The van der Waals surface area contributed by atoms with Crippen molar-refractivity contribution in [3.05, 3.63) is 30.3 Å². The van der Waals surface area contributed by atoms with E-state index in [0.717, 1.165) is 11.5 Å². The van der Waals surface area contributed by atoms with Gasteiger partial charge in [-0.1, -0.05) is 18.2 Å². The summed E-state index contributed by atoms with van der Waals surface area (Å²) in [7, 11) is 0. The molecular weight excluding hydrogens is 234 g/mol. The van der Waals surface area contributed by atoms with Crippen LogP contribution in [-0.2, 0) is 0 Å². The molecule has 1 aromatic rings. The van der Waals surface area contributed by atoms with Crippen molar-refractivity contribution < 1.29 is 9.84 Å². The lowest BCUT2D eigenvalue weighted by Crippen LogP contribution is -2.37. The molecule has 4 heteroatoms. The Kier molecular flexibility index (Phi) is 7.08. The third-order valence-electron chi connectivity index (χ3n) is 2.30. The van der Waals surface area contributed by atoms with Gasteiger partial charge in [-0.15, -0.1) is 0 Å². The highest BCUT2D eigenvalue weighted by Crippen LogP contribution is 2.08. The van der Waals surface area contributed by atoms with Crippen LogP contribution in [-0.4, -0.2) is 42.4 Å². The summed E-state index contributed by atoms with van der Waals surface area (Å²) in [5, 5.41) is 13.0. The molecule has 1 rings (SSSR count). The van der Waals surface area contributed by atoms with Crippen LogP contribution in [0.4, 0.5) is 0 Å². The molecule has 96 valence electrons. The molecule has 0 saturated carbocycles. The molecule has 0 aliphatic carbocycles. The van der Waals surface area contributed by atoms with E-state index in [1.165, 1.54) is 0 Å². The number of ether oxygens (including phenoxy) is 1. The van der Waals surface area contributed by atoms with E-state index in [4.69, 9.17) is 4.74 Å². The largest absolute Gasteiger partial charge is 0.491 e. The Morgan fingerprint density at radius 1 is 1.35 bits per heavy atom. The minimum absolute atomic E-state index is 0.322. The van der Waals surface area contributed by atoms with Crippen molar-refractivity contribution >= 4 is 11.8 Å². The molecule has 0 aliphatic heterocycles. The van der Waals surface area contributed by atoms with Crippen LogP contribution in [0.15, 0.2) is 30.3 Å². The van der Waals surface area contributed by atoms with Crippen LogP contribution in [0.25, 0.3) is 0 Å². The number of para-hydroxylation sites is 1. The molecule has 2 N–H and O–H groups in total. The fourth-order valence-corrected chi connectivity index (χ4v) is 2.03. The Hall–Kier alpha value is -0.710. The highest BCUT2D eigenvalue weighted by Gasteiger charge is 2.07. The third kappa shape index (κ3) is 6.56. The Bertz CT molecular complexity index is 295. The van der Waals surface area contributed by atoms with E-state index < -0.39 is 6.10 Å². The molecule has 17 heavy (non-hydrogen) atoms. The van der Waals surface area contributed by atoms with E-state index in [0.29, 0.717) is 19.2 Å². The summed E-state index contributed by atoms with van der Waals surface area (Å²) in [6.07, 6.45) is 1.60. The van der Waals surface area contributed by atoms with E-state index >= 15 is 0 Å². The number of aliphatic hydroxyl groups excluding tert-OH is 1. The summed E-state index contributed by atoms with van der Waals surface area (Å²) in [5.41, 5.74) is 0. The van der Waals surface area contributed by atoms with Gasteiger partial charge in [0.05, 0.1) is 0 Å². The monoisotopic (exact) mass is 255 g/mol. The van der Waals surface area contributed by atoms with Crippen molar-refractivity contribution in [2.45, 2.75) is 19.1 Å². The zero-order valence-electron chi connectivity index (χ0n) is 10.4. The maximum atomic E-state index is 9.73. The topological polar surface area (TPSA) is 41.5 Å². The van der Waals surface area contributed by atoms with Crippen molar-refractivity contribution in [3.63, 3.8) is 0 Å². The van der Waals surface area contributed by atoms with Gasteiger partial charge in [0.2, 0.25) is 0 Å². The van der Waals surface area contributed by atoms with Crippen molar-refractivity contribution in [1.29, 1.82) is 0 Å². The molecular formula is C13H21NO2S. The fourth-order valence-electron chi connectivity index (χ4n) is 1.41. The summed E-state index contributed by atoms with van der Waals surface area (Å²) in [4.78, 5) is 0. The lowest BCUT2D eigenvalue weighted by atomic mass is 10.3. The first-order valence-corrected chi connectivity index (χ1v) is 7.20. The molecule has 0 bridgehead atoms. The fraction of sp³-hybridized carbons (Fsp3) is 0.538. The zero-order valence-corrected chi connectivity index (χ0v) is 11.2. The quantitative estimate of drug-likeness (QED) is 0.743. The van der Waals surface area contributed by atoms with Gasteiger partial charge in [-0.3, -0.25) is 0 Å². The first kappa shape index (κ1) is 14.4. The SMILES string of the molecule is CSCC(C)NCC(O)COc1ccccc1. The number of hydrogen-bond acceptors (Lipinski definition) is 4. The van der Waals surface area contributed by atoms with Gasteiger partial charge < -0.3 is 15.2 Å². The van der Waals surface area contributed by atoms with Crippen molar-refractivity contribution in [2.24, 2.45) is 0 Å². The van der Waals surface area contributed by atoms with Crippen molar-refractivity contribution in [2.75, 3.05) is 25.2 Å². The van der Waals surface area contributed by atoms with Crippen LogP contribution >= 0.6 is 11.8 Å². The number of hydrogen-bond donors (Lipinski definition) is 2. The maximum absolute atomic E-state index is 9.73. The van der Waals surface area contributed by atoms with Gasteiger partial charge in [0.15, 0.2) is 0 Å². The number of rotatable bonds is 8. The predicted molar refractivity (Wildman–Crippen MR) is 73.8 cm³/mol. The van der Waals surface area contributed by atoms with E-state index in [2.05, 4.69) is 18.5 Å². The minimum atomic E-state index is -0.473. The van der Waals surface area contributed by atoms with E-state index in [1.54, 1.807) is 11.8 Å². The normalized spacial score (nSPS) is 14.3. The Labute approximate surface area is 108 Å². The number of aliphatic hydroxyl groups is 1. The third-order valence-corrected chi connectivity index (χ3v) is 3.14. The van der Waals surface area contributed by atoms with Gasteiger partial charge in [-0.2, -0.15) is 11.8 Å². The Morgan fingerprint density at radius 2 is 2.06 bits per heavy atom. The van der Waals surface area contributed by atoms with Crippen molar-refractivity contribution in [1.82, 2.24) is 5.32 Å². The Morgan fingerprint density at radius 3 is 2.71 bits per heavy atom. The molecule has 0 fully saturated rings. The van der Waals surface area contributed by atoms with Gasteiger partial charge in [0.25, 0.3) is 0 Å². The average Bonchev–Trinajstić information content (AvgIpc) is 2.35. The summed E-state index contributed by atoms with van der Waals surface area (Å²) in [6.45, 7) is 3.00. The van der Waals surface area contributed by atoms with Gasteiger partial charge in [0, 0.05) is 18.3 Å². The molecule has 0 radical (unpaired) electrons. The second-order valence-corrected chi connectivity index (χ2v) is 4.95. The van der Waals surface area contributed by atoms with E-state index in [9.17, 15) is 5.11 Å². The van der Waals surface area contributed by atoms with Crippen molar-refractivity contribution in [3.8, 4) is 5.75 Å². The molecule has 1 aromatic carbocycles. The molecule has 0 aromatic heterocycles. The van der Waals surface area contributed by atoms with Gasteiger partial charge in [-0.25, -0.2) is 0 Å². The minimum Gasteiger partial charge on any atom is -0.491 e. The Balaban J connectivity index is 2.15. The highest BCUT2D eigenvalue weighted by atomic mass is 32.2. The van der Waals surface area contributed by atoms with Crippen LogP contribution in [0.2, 0.25) is 0 Å². The molecule has 2 atom stereocenters. The second kappa shape index (κ2) is 8.39. The van der Waals surface area contributed by atoms with E-state index in [-0.39, 0.29) is 0 Å². The first-order chi connectivity index (χ1) is 8.22. The maximum Gasteiger partial charge on any atom is 0.119 e. The lowest BCUT2D eigenvalue weighted by Gasteiger charge is -2.16. The first-order valence-electron chi connectivity index (χ1n) is 5.80. The average molecular weight is 255 g/mol. The number of thioether (sulfide) groups is 1.